The number of benzene rings is 8. The molecule has 0 aliphatic rings. The molecule has 56 heavy (non-hydrogen) atoms. The Morgan fingerprint density at radius 3 is 1.66 bits per heavy atom. The Morgan fingerprint density at radius 2 is 0.875 bits per heavy atom. The highest BCUT2D eigenvalue weighted by molar-refractivity contribution is 6.16. The van der Waals surface area contributed by atoms with Crippen molar-refractivity contribution < 1.29 is 4.42 Å². The lowest BCUT2D eigenvalue weighted by molar-refractivity contribution is 0.669. The van der Waals surface area contributed by atoms with Crippen LogP contribution in [-0.2, 0) is 0 Å². The van der Waals surface area contributed by atoms with Crippen molar-refractivity contribution in [3.63, 3.8) is 0 Å². The molecular weight excluding hydrogens is 685 g/mol. The van der Waals surface area contributed by atoms with Crippen LogP contribution in [0.1, 0.15) is 0 Å². The molecule has 0 aliphatic carbocycles. The van der Waals surface area contributed by atoms with E-state index in [0.717, 1.165) is 72.1 Å². The Bertz CT molecular complexity index is 3250. The first-order valence-corrected chi connectivity index (χ1v) is 18.8. The topological polar surface area (TPSA) is 56.7 Å². The van der Waals surface area contributed by atoms with Gasteiger partial charge in [0.05, 0.1) is 11.0 Å². The van der Waals surface area contributed by atoms with Gasteiger partial charge in [0.2, 0.25) is 0 Å². The predicted molar refractivity (Wildman–Crippen MR) is 229 cm³/mol. The van der Waals surface area contributed by atoms with Crippen molar-refractivity contribution in [2.75, 3.05) is 0 Å². The van der Waals surface area contributed by atoms with E-state index in [1.807, 2.05) is 48.5 Å². The SMILES string of the molecule is c1ccc(-c2nc(-c3cccc(-c4ccc5c(c4)oc4ccccc45)c3)nc(-c3cccc(-c4cccc5c4c4ccccc4n5-c4ccccc4)c3)n2)cc1. The van der Waals surface area contributed by atoms with Gasteiger partial charge >= 0.3 is 0 Å². The quantitative estimate of drug-likeness (QED) is 0.172. The second-order valence-corrected chi connectivity index (χ2v) is 14.0. The molecule has 3 heterocycles. The van der Waals surface area contributed by atoms with Crippen LogP contribution in [0.15, 0.2) is 199 Å². The lowest BCUT2D eigenvalue weighted by Crippen LogP contribution is -2.00. The second-order valence-electron chi connectivity index (χ2n) is 14.0. The summed E-state index contributed by atoms with van der Waals surface area (Å²) in [6.07, 6.45) is 0. The normalized spacial score (nSPS) is 11.6. The van der Waals surface area contributed by atoms with Crippen LogP contribution in [0.5, 0.6) is 0 Å². The van der Waals surface area contributed by atoms with Gasteiger partial charge in [-0.05, 0) is 76.9 Å². The molecule has 5 heteroatoms. The number of rotatable bonds is 6. The summed E-state index contributed by atoms with van der Waals surface area (Å²) in [4.78, 5) is 15.3. The van der Waals surface area contributed by atoms with E-state index < -0.39 is 0 Å². The fourth-order valence-corrected chi connectivity index (χ4v) is 8.03. The van der Waals surface area contributed by atoms with E-state index in [1.165, 1.54) is 16.3 Å². The van der Waals surface area contributed by atoms with Crippen LogP contribution in [0.2, 0.25) is 0 Å². The zero-order valence-electron chi connectivity index (χ0n) is 30.2. The predicted octanol–water partition coefficient (Wildman–Crippen LogP) is 13.2. The van der Waals surface area contributed by atoms with Gasteiger partial charge in [-0.25, -0.2) is 15.0 Å². The lowest BCUT2D eigenvalue weighted by Gasteiger charge is -2.11. The molecular formula is C51H32N4O. The fourth-order valence-electron chi connectivity index (χ4n) is 8.03. The zero-order valence-corrected chi connectivity index (χ0v) is 30.2. The minimum Gasteiger partial charge on any atom is -0.456 e. The summed E-state index contributed by atoms with van der Waals surface area (Å²) in [5.41, 5.74) is 12.3. The highest BCUT2D eigenvalue weighted by Gasteiger charge is 2.18. The largest absolute Gasteiger partial charge is 0.456 e. The van der Waals surface area contributed by atoms with Gasteiger partial charge in [0.15, 0.2) is 17.5 Å². The van der Waals surface area contributed by atoms with Crippen molar-refractivity contribution in [1.29, 1.82) is 0 Å². The van der Waals surface area contributed by atoms with Crippen LogP contribution in [-0.4, -0.2) is 19.5 Å². The highest BCUT2D eigenvalue weighted by Crippen LogP contribution is 2.40. The third-order valence-electron chi connectivity index (χ3n) is 10.6. The molecule has 262 valence electrons. The molecule has 5 nitrogen and oxygen atoms in total. The minimum atomic E-state index is 0.610. The number of hydrogen-bond donors (Lipinski definition) is 0. The van der Waals surface area contributed by atoms with Crippen LogP contribution in [0.25, 0.3) is 106 Å². The zero-order chi connectivity index (χ0) is 37.0. The van der Waals surface area contributed by atoms with Crippen molar-refractivity contribution in [3.8, 4) is 62.1 Å². The van der Waals surface area contributed by atoms with E-state index in [1.54, 1.807) is 0 Å². The molecule has 0 radical (unpaired) electrons. The smallest absolute Gasteiger partial charge is 0.164 e. The molecule has 0 bridgehead atoms. The Hall–Kier alpha value is -7.63. The van der Waals surface area contributed by atoms with Crippen molar-refractivity contribution in [2.24, 2.45) is 0 Å². The van der Waals surface area contributed by atoms with Gasteiger partial charge in [-0.2, -0.15) is 0 Å². The first-order chi connectivity index (χ1) is 27.7. The minimum absolute atomic E-state index is 0.610. The Balaban J connectivity index is 1.04. The summed E-state index contributed by atoms with van der Waals surface area (Å²) < 4.78 is 8.58. The molecule has 8 aromatic carbocycles. The first kappa shape index (κ1) is 31.9. The monoisotopic (exact) mass is 716 g/mol. The van der Waals surface area contributed by atoms with Crippen LogP contribution in [0.4, 0.5) is 0 Å². The van der Waals surface area contributed by atoms with Gasteiger partial charge in [0, 0.05) is 43.9 Å². The number of hydrogen-bond acceptors (Lipinski definition) is 4. The van der Waals surface area contributed by atoms with Crippen LogP contribution in [0, 0.1) is 0 Å². The summed E-state index contributed by atoms with van der Waals surface area (Å²) in [5, 5.41) is 4.65. The molecule has 11 aromatic rings. The average molecular weight is 717 g/mol. The molecule has 0 atom stereocenters. The summed E-state index contributed by atoms with van der Waals surface area (Å²) in [6.45, 7) is 0. The molecule has 0 saturated carbocycles. The van der Waals surface area contributed by atoms with Crippen LogP contribution >= 0.6 is 0 Å². The fraction of sp³-hybridized carbons (Fsp3) is 0. The number of furan rings is 1. The Morgan fingerprint density at radius 1 is 0.339 bits per heavy atom. The van der Waals surface area contributed by atoms with Gasteiger partial charge in [-0.15, -0.1) is 0 Å². The van der Waals surface area contributed by atoms with E-state index in [-0.39, 0.29) is 0 Å². The first-order valence-electron chi connectivity index (χ1n) is 18.8. The number of para-hydroxylation sites is 3. The van der Waals surface area contributed by atoms with Crippen molar-refractivity contribution in [3.05, 3.63) is 194 Å². The lowest BCUT2D eigenvalue weighted by atomic mass is 9.97. The Kier molecular flexibility index (Phi) is 7.42. The van der Waals surface area contributed by atoms with Gasteiger partial charge in [0.1, 0.15) is 11.2 Å². The molecule has 0 unspecified atom stereocenters. The van der Waals surface area contributed by atoms with Gasteiger partial charge in [-0.3, -0.25) is 0 Å². The summed E-state index contributed by atoms with van der Waals surface area (Å²) >= 11 is 0. The molecule has 0 aliphatic heterocycles. The third kappa shape index (κ3) is 5.37. The van der Waals surface area contributed by atoms with Crippen LogP contribution in [0.3, 0.4) is 0 Å². The van der Waals surface area contributed by atoms with Crippen molar-refractivity contribution in [1.82, 2.24) is 19.5 Å². The van der Waals surface area contributed by atoms with Crippen molar-refractivity contribution in [2.45, 2.75) is 0 Å². The summed E-state index contributed by atoms with van der Waals surface area (Å²) in [6, 6.07) is 67.5. The standard InChI is InChI=1S/C51H32N4O/c1-3-14-33(15-4-1)49-52-50(37-18-11-16-34(30-37)35-28-29-42-41-22-8-10-27-46(41)56-47(42)32-35)54-51(53-49)38-19-12-17-36(31-38)40-24-13-26-45-48(40)43-23-7-9-25-44(43)55(45)39-20-5-2-6-21-39/h1-32H. The molecule has 0 N–H and O–H groups in total. The van der Waals surface area contributed by atoms with Crippen LogP contribution < -0.4 is 0 Å². The summed E-state index contributed by atoms with van der Waals surface area (Å²) in [7, 11) is 0. The molecule has 0 saturated heterocycles. The van der Waals surface area contributed by atoms with E-state index in [2.05, 4.69) is 150 Å². The average Bonchev–Trinajstić information content (AvgIpc) is 3.82. The molecule has 0 spiro atoms. The van der Waals surface area contributed by atoms with E-state index in [9.17, 15) is 0 Å². The van der Waals surface area contributed by atoms with E-state index in [4.69, 9.17) is 19.4 Å². The number of nitrogens with zero attached hydrogens (tertiary/aromatic N) is 4. The maximum absolute atomic E-state index is 6.23. The maximum Gasteiger partial charge on any atom is 0.164 e. The van der Waals surface area contributed by atoms with E-state index >= 15 is 0 Å². The van der Waals surface area contributed by atoms with Gasteiger partial charge in [-0.1, -0.05) is 140 Å². The van der Waals surface area contributed by atoms with Gasteiger partial charge < -0.3 is 8.98 Å². The number of fused-ring (bicyclic) bond motifs is 6. The molecule has 11 rings (SSSR count). The maximum atomic E-state index is 6.23. The second kappa shape index (κ2) is 13.0. The number of aromatic nitrogens is 4. The molecule has 0 amide bonds. The molecule has 3 aromatic heterocycles. The highest BCUT2D eigenvalue weighted by atomic mass is 16.3. The molecule has 0 fully saturated rings. The van der Waals surface area contributed by atoms with Crippen molar-refractivity contribution >= 4 is 43.7 Å². The third-order valence-corrected chi connectivity index (χ3v) is 10.6. The Labute approximate surface area is 322 Å². The summed E-state index contributed by atoms with van der Waals surface area (Å²) in [5.74, 6) is 1.85. The van der Waals surface area contributed by atoms with Gasteiger partial charge in [0.25, 0.3) is 0 Å². The van der Waals surface area contributed by atoms with E-state index in [0.29, 0.717) is 17.5 Å².